The number of nitrogens with two attached hydrogens (primary N) is 1. The highest BCUT2D eigenvalue weighted by Gasteiger charge is 2.37. The predicted octanol–water partition coefficient (Wildman–Crippen LogP) is 3.86. The number of hydrogen-bond acceptors (Lipinski definition) is 2. The second kappa shape index (κ2) is 5.34. The third-order valence-electron chi connectivity index (χ3n) is 4.99. The summed E-state index contributed by atoms with van der Waals surface area (Å²) in [4.78, 5) is 0. The van der Waals surface area contributed by atoms with Crippen LogP contribution in [0.4, 0.5) is 0 Å². The van der Waals surface area contributed by atoms with Gasteiger partial charge in [-0.15, -0.1) is 0 Å². The number of nitrogens with zero attached hydrogens (tertiary/aromatic N) is 2. The largest absolute Gasteiger partial charge is 0.325 e. The summed E-state index contributed by atoms with van der Waals surface area (Å²) in [6, 6.07) is 0. The van der Waals surface area contributed by atoms with Gasteiger partial charge in [0.15, 0.2) is 0 Å². The molecule has 0 spiro atoms. The van der Waals surface area contributed by atoms with Crippen LogP contribution in [0.5, 0.6) is 0 Å². The summed E-state index contributed by atoms with van der Waals surface area (Å²) in [7, 11) is 1.96. The standard InChI is InChI=1S/C16H28ClN3/c1-11-14(17)13(20(5)19-11)10-16(18)8-6-12(7-9-16)15(2,3)4/h12H,6-10,18H2,1-5H3. The van der Waals surface area contributed by atoms with Crippen molar-refractivity contribution < 1.29 is 0 Å². The first-order valence-corrected chi connectivity index (χ1v) is 7.97. The molecule has 114 valence electrons. The molecule has 3 nitrogen and oxygen atoms in total. The van der Waals surface area contributed by atoms with Gasteiger partial charge in [0.1, 0.15) is 0 Å². The van der Waals surface area contributed by atoms with Crippen molar-refractivity contribution in [1.82, 2.24) is 9.78 Å². The van der Waals surface area contributed by atoms with Crippen molar-refractivity contribution in [1.29, 1.82) is 0 Å². The minimum absolute atomic E-state index is 0.119. The molecule has 1 aromatic rings. The van der Waals surface area contributed by atoms with Crippen molar-refractivity contribution in [3.05, 3.63) is 16.4 Å². The Morgan fingerprint density at radius 1 is 1.35 bits per heavy atom. The Morgan fingerprint density at radius 2 is 1.90 bits per heavy atom. The van der Waals surface area contributed by atoms with Crippen LogP contribution in [-0.4, -0.2) is 15.3 Å². The van der Waals surface area contributed by atoms with Gasteiger partial charge in [-0.05, 0) is 43.9 Å². The summed E-state index contributed by atoms with van der Waals surface area (Å²) in [6.45, 7) is 8.96. The van der Waals surface area contributed by atoms with Gasteiger partial charge in [0.25, 0.3) is 0 Å². The van der Waals surface area contributed by atoms with Crippen LogP contribution in [-0.2, 0) is 13.5 Å². The van der Waals surface area contributed by atoms with Crippen LogP contribution in [0.25, 0.3) is 0 Å². The monoisotopic (exact) mass is 297 g/mol. The minimum atomic E-state index is -0.119. The van der Waals surface area contributed by atoms with Crippen molar-refractivity contribution in [2.75, 3.05) is 0 Å². The summed E-state index contributed by atoms with van der Waals surface area (Å²) in [5.41, 5.74) is 8.90. The van der Waals surface area contributed by atoms with Crippen LogP contribution >= 0.6 is 11.6 Å². The van der Waals surface area contributed by atoms with E-state index in [-0.39, 0.29) is 5.54 Å². The lowest BCUT2D eigenvalue weighted by molar-refractivity contribution is 0.133. The summed E-state index contributed by atoms with van der Waals surface area (Å²) in [6.07, 6.45) is 5.42. The molecule has 0 saturated heterocycles. The van der Waals surface area contributed by atoms with Gasteiger partial charge in [0, 0.05) is 19.0 Å². The van der Waals surface area contributed by atoms with E-state index in [1.807, 2.05) is 18.7 Å². The van der Waals surface area contributed by atoms with Gasteiger partial charge >= 0.3 is 0 Å². The summed E-state index contributed by atoms with van der Waals surface area (Å²) < 4.78 is 1.89. The minimum Gasteiger partial charge on any atom is -0.325 e. The van der Waals surface area contributed by atoms with Crippen molar-refractivity contribution in [2.45, 2.75) is 65.3 Å². The second-order valence-corrected chi connectivity index (χ2v) is 8.03. The van der Waals surface area contributed by atoms with Crippen LogP contribution in [0.2, 0.25) is 5.02 Å². The maximum atomic E-state index is 6.64. The van der Waals surface area contributed by atoms with E-state index in [1.54, 1.807) is 0 Å². The molecule has 1 fully saturated rings. The van der Waals surface area contributed by atoms with Crippen molar-refractivity contribution in [3.63, 3.8) is 0 Å². The third kappa shape index (κ3) is 3.20. The highest BCUT2D eigenvalue weighted by molar-refractivity contribution is 6.31. The molecular formula is C16H28ClN3. The zero-order valence-corrected chi connectivity index (χ0v) is 14.2. The molecule has 2 N–H and O–H groups in total. The van der Waals surface area contributed by atoms with Gasteiger partial charge < -0.3 is 5.73 Å². The summed E-state index contributed by atoms with van der Waals surface area (Å²) >= 11 is 6.36. The molecule has 2 rings (SSSR count). The topological polar surface area (TPSA) is 43.8 Å². The fourth-order valence-electron chi connectivity index (χ4n) is 3.44. The molecule has 0 unspecified atom stereocenters. The first-order valence-electron chi connectivity index (χ1n) is 7.59. The summed E-state index contributed by atoms with van der Waals surface area (Å²) in [5.74, 6) is 0.780. The van der Waals surface area contributed by atoms with Crippen molar-refractivity contribution in [3.8, 4) is 0 Å². The van der Waals surface area contributed by atoms with Gasteiger partial charge in [-0.2, -0.15) is 5.10 Å². The zero-order chi connectivity index (χ0) is 15.1. The zero-order valence-electron chi connectivity index (χ0n) is 13.5. The van der Waals surface area contributed by atoms with E-state index >= 15 is 0 Å². The van der Waals surface area contributed by atoms with Gasteiger partial charge in [-0.1, -0.05) is 32.4 Å². The highest BCUT2D eigenvalue weighted by atomic mass is 35.5. The second-order valence-electron chi connectivity index (χ2n) is 7.65. The molecule has 0 aromatic carbocycles. The fraction of sp³-hybridized carbons (Fsp3) is 0.812. The van der Waals surface area contributed by atoms with E-state index in [9.17, 15) is 0 Å². The van der Waals surface area contributed by atoms with E-state index in [1.165, 1.54) is 12.8 Å². The number of halogens is 1. The lowest BCUT2D eigenvalue weighted by Crippen LogP contribution is -2.47. The Balaban J connectivity index is 2.07. The van der Waals surface area contributed by atoms with Crippen LogP contribution in [0.15, 0.2) is 0 Å². The molecule has 0 atom stereocenters. The normalized spacial score (nSPS) is 27.9. The number of aryl methyl sites for hydroxylation is 2. The first kappa shape index (κ1) is 15.8. The van der Waals surface area contributed by atoms with Crippen LogP contribution in [0.1, 0.15) is 57.8 Å². The molecule has 1 aliphatic carbocycles. The molecule has 0 aliphatic heterocycles. The van der Waals surface area contributed by atoms with Crippen LogP contribution in [0.3, 0.4) is 0 Å². The molecule has 0 bridgehead atoms. The van der Waals surface area contributed by atoms with E-state index in [0.29, 0.717) is 5.41 Å². The summed E-state index contributed by atoms with van der Waals surface area (Å²) in [5, 5.41) is 5.18. The molecule has 0 amide bonds. The Labute approximate surface area is 127 Å². The highest BCUT2D eigenvalue weighted by Crippen LogP contribution is 2.42. The van der Waals surface area contributed by atoms with Gasteiger partial charge in [-0.3, -0.25) is 4.68 Å². The molecule has 1 saturated carbocycles. The molecule has 4 heteroatoms. The average molecular weight is 298 g/mol. The fourth-order valence-corrected chi connectivity index (χ4v) is 3.67. The third-order valence-corrected chi connectivity index (χ3v) is 5.48. The average Bonchev–Trinajstić information content (AvgIpc) is 2.55. The molecule has 0 radical (unpaired) electrons. The van der Waals surface area contributed by atoms with Gasteiger partial charge in [0.05, 0.1) is 16.4 Å². The molecular weight excluding hydrogens is 270 g/mol. The lowest BCUT2D eigenvalue weighted by atomic mass is 9.66. The number of rotatable bonds is 2. The predicted molar refractivity (Wildman–Crippen MR) is 85.0 cm³/mol. The van der Waals surface area contributed by atoms with Crippen LogP contribution < -0.4 is 5.73 Å². The Kier molecular flexibility index (Phi) is 4.23. The molecule has 1 aromatic heterocycles. The first-order chi connectivity index (χ1) is 9.12. The SMILES string of the molecule is Cc1nn(C)c(CC2(N)CCC(C(C)(C)C)CC2)c1Cl. The molecule has 1 heterocycles. The van der Waals surface area contributed by atoms with E-state index in [2.05, 4.69) is 25.9 Å². The van der Waals surface area contributed by atoms with E-state index in [0.717, 1.165) is 41.6 Å². The molecule has 20 heavy (non-hydrogen) atoms. The van der Waals surface area contributed by atoms with E-state index < -0.39 is 0 Å². The Bertz CT molecular complexity index is 477. The quantitative estimate of drug-likeness (QED) is 0.901. The molecule has 1 aliphatic rings. The maximum Gasteiger partial charge on any atom is 0.0847 e. The van der Waals surface area contributed by atoms with Gasteiger partial charge in [0.2, 0.25) is 0 Å². The number of aromatic nitrogens is 2. The number of hydrogen-bond donors (Lipinski definition) is 1. The lowest BCUT2D eigenvalue weighted by Gasteiger charge is -2.42. The van der Waals surface area contributed by atoms with Gasteiger partial charge in [-0.25, -0.2) is 0 Å². The van der Waals surface area contributed by atoms with Crippen LogP contribution in [0, 0.1) is 18.3 Å². The van der Waals surface area contributed by atoms with Crippen molar-refractivity contribution in [2.24, 2.45) is 24.1 Å². The smallest absolute Gasteiger partial charge is 0.0847 e. The van der Waals surface area contributed by atoms with E-state index in [4.69, 9.17) is 17.3 Å². The Morgan fingerprint density at radius 3 is 2.30 bits per heavy atom. The van der Waals surface area contributed by atoms with Crippen molar-refractivity contribution >= 4 is 11.6 Å². The maximum absolute atomic E-state index is 6.64. The Hall–Kier alpha value is -0.540.